The number of aliphatic carboxylic acids is 1. The Bertz CT molecular complexity index is 521. The molecule has 5 heteroatoms. The summed E-state index contributed by atoms with van der Waals surface area (Å²) < 4.78 is 4.02. The van der Waals surface area contributed by atoms with Crippen LogP contribution in [-0.2, 0) is 4.79 Å². The maximum Gasteiger partial charge on any atom is 0.328 e. The van der Waals surface area contributed by atoms with Crippen molar-refractivity contribution in [3.8, 4) is 11.1 Å². The van der Waals surface area contributed by atoms with Gasteiger partial charge in [0.15, 0.2) is 0 Å². The van der Waals surface area contributed by atoms with Crippen molar-refractivity contribution < 1.29 is 9.90 Å². The molecule has 0 saturated carbocycles. The molecule has 80 valence electrons. The number of rotatable bonds is 3. The Morgan fingerprint density at radius 3 is 3.00 bits per heavy atom. The normalized spacial score (nSPS) is 10.8. The van der Waals surface area contributed by atoms with Gasteiger partial charge < -0.3 is 5.11 Å². The van der Waals surface area contributed by atoms with E-state index in [1.165, 1.54) is 17.6 Å². The van der Waals surface area contributed by atoms with E-state index in [9.17, 15) is 4.79 Å². The third kappa shape index (κ3) is 2.32. The molecule has 16 heavy (non-hydrogen) atoms. The number of carboxylic acid groups (broad SMARTS) is 1. The first-order valence-electron chi connectivity index (χ1n) is 4.52. The topological polar surface area (TPSA) is 63.1 Å². The smallest absolute Gasteiger partial charge is 0.328 e. The number of hydrogen-bond acceptors (Lipinski definition) is 4. The minimum absolute atomic E-state index is 0.769. The molecular formula is C11H8N2O2S. The predicted octanol–water partition coefficient (Wildman–Crippen LogP) is 2.30. The highest BCUT2D eigenvalue weighted by Crippen LogP contribution is 2.24. The van der Waals surface area contributed by atoms with E-state index in [1.54, 1.807) is 18.6 Å². The Hall–Kier alpha value is -2.01. The number of hydrogen-bond donors (Lipinski definition) is 1. The van der Waals surface area contributed by atoms with E-state index in [0.717, 1.165) is 22.8 Å². The van der Waals surface area contributed by atoms with Crippen LogP contribution < -0.4 is 0 Å². The second-order valence-electron chi connectivity index (χ2n) is 3.05. The Balaban J connectivity index is 2.42. The molecule has 4 nitrogen and oxygen atoms in total. The fraction of sp³-hybridized carbons (Fsp3) is 0. The van der Waals surface area contributed by atoms with Gasteiger partial charge in [-0.15, -0.1) is 0 Å². The Morgan fingerprint density at radius 1 is 1.44 bits per heavy atom. The highest BCUT2D eigenvalue weighted by molar-refractivity contribution is 7.03. The van der Waals surface area contributed by atoms with E-state index in [1.807, 2.05) is 11.4 Å². The fourth-order valence-electron chi connectivity index (χ4n) is 1.30. The SMILES string of the molecule is O=C(O)/C=C/c1cnccc1-c1cnsc1. The molecule has 0 aliphatic carbocycles. The molecule has 0 fully saturated rings. The van der Waals surface area contributed by atoms with Gasteiger partial charge in [0.1, 0.15) is 0 Å². The first kappa shape index (κ1) is 10.5. The van der Waals surface area contributed by atoms with Gasteiger partial charge in [-0.1, -0.05) is 0 Å². The van der Waals surface area contributed by atoms with E-state index >= 15 is 0 Å². The maximum atomic E-state index is 10.5. The van der Waals surface area contributed by atoms with Crippen molar-refractivity contribution in [2.45, 2.75) is 0 Å². The molecule has 2 aromatic rings. The van der Waals surface area contributed by atoms with Gasteiger partial charge in [0, 0.05) is 41.2 Å². The molecule has 2 aromatic heterocycles. The third-order valence-electron chi connectivity index (χ3n) is 2.00. The van der Waals surface area contributed by atoms with Gasteiger partial charge in [0.2, 0.25) is 0 Å². The zero-order chi connectivity index (χ0) is 11.4. The van der Waals surface area contributed by atoms with Gasteiger partial charge in [-0.2, -0.15) is 0 Å². The van der Waals surface area contributed by atoms with Crippen LogP contribution in [0.4, 0.5) is 0 Å². The van der Waals surface area contributed by atoms with Gasteiger partial charge >= 0.3 is 5.97 Å². The number of nitrogens with zero attached hydrogens (tertiary/aromatic N) is 2. The molecule has 0 aliphatic heterocycles. The Labute approximate surface area is 96.1 Å². The molecule has 0 atom stereocenters. The lowest BCUT2D eigenvalue weighted by Gasteiger charge is -2.01. The average Bonchev–Trinajstić information content (AvgIpc) is 2.80. The quantitative estimate of drug-likeness (QED) is 0.825. The van der Waals surface area contributed by atoms with Crippen LogP contribution in [0, 0.1) is 0 Å². The van der Waals surface area contributed by atoms with Crippen LogP contribution in [0.25, 0.3) is 17.2 Å². The highest BCUT2D eigenvalue weighted by atomic mass is 32.1. The lowest BCUT2D eigenvalue weighted by molar-refractivity contribution is -0.131. The first-order valence-corrected chi connectivity index (χ1v) is 5.36. The second-order valence-corrected chi connectivity index (χ2v) is 3.70. The number of aromatic nitrogens is 2. The van der Waals surface area contributed by atoms with Crippen molar-refractivity contribution in [2.75, 3.05) is 0 Å². The van der Waals surface area contributed by atoms with Crippen molar-refractivity contribution in [3.05, 3.63) is 41.7 Å². The minimum Gasteiger partial charge on any atom is -0.478 e. The summed E-state index contributed by atoms with van der Waals surface area (Å²) in [7, 11) is 0. The molecule has 0 aromatic carbocycles. The summed E-state index contributed by atoms with van der Waals surface area (Å²) in [6, 6.07) is 1.84. The molecule has 0 unspecified atom stereocenters. The lowest BCUT2D eigenvalue weighted by Crippen LogP contribution is -1.88. The molecule has 0 saturated heterocycles. The van der Waals surface area contributed by atoms with E-state index < -0.39 is 5.97 Å². The van der Waals surface area contributed by atoms with Crippen molar-refractivity contribution in [2.24, 2.45) is 0 Å². The second kappa shape index (κ2) is 4.67. The van der Waals surface area contributed by atoms with E-state index in [4.69, 9.17) is 5.11 Å². The van der Waals surface area contributed by atoms with E-state index in [-0.39, 0.29) is 0 Å². The molecule has 0 aliphatic rings. The Kier molecular flexibility index (Phi) is 3.07. The average molecular weight is 232 g/mol. The van der Waals surface area contributed by atoms with Gasteiger partial charge in [-0.05, 0) is 29.2 Å². The third-order valence-corrected chi connectivity index (χ3v) is 2.59. The molecule has 1 N–H and O–H groups in total. The molecule has 0 bridgehead atoms. The van der Waals surface area contributed by atoms with E-state index in [0.29, 0.717) is 0 Å². The fourth-order valence-corrected chi connectivity index (χ4v) is 1.84. The molecule has 2 heterocycles. The van der Waals surface area contributed by atoms with Gasteiger partial charge in [0.05, 0.1) is 0 Å². The molecular weight excluding hydrogens is 224 g/mol. The van der Waals surface area contributed by atoms with E-state index in [2.05, 4.69) is 9.36 Å². The monoisotopic (exact) mass is 232 g/mol. The predicted molar refractivity (Wildman–Crippen MR) is 62.0 cm³/mol. The van der Waals surface area contributed by atoms with Crippen LogP contribution in [-0.4, -0.2) is 20.4 Å². The van der Waals surface area contributed by atoms with Crippen molar-refractivity contribution >= 4 is 23.6 Å². The maximum absolute atomic E-state index is 10.5. The highest BCUT2D eigenvalue weighted by Gasteiger charge is 2.03. The van der Waals surface area contributed by atoms with Crippen LogP contribution in [0.2, 0.25) is 0 Å². The summed E-state index contributed by atoms with van der Waals surface area (Å²) in [5.41, 5.74) is 2.67. The largest absolute Gasteiger partial charge is 0.478 e. The Morgan fingerprint density at radius 2 is 2.31 bits per heavy atom. The van der Waals surface area contributed by atoms with Crippen molar-refractivity contribution in [1.82, 2.24) is 9.36 Å². The van der Waals surface area contributed by atoms with Crippen LogP contribution in [0.1, 0.15) is 5.56 Å². The summed E-state index contributed by atoms with van der Waals surface area (Å²) in [4.78, 5) is 14.4. The zero-order valence-electron chi connectivity index (χ0n) is 8.20. The first-order chi connectivity index (χ1) is 7.77. The summed E-state index contributed by atoms with van der Waals surface area (Å²) in [5, 5.41) is 10.5. The van der Waals surface area contributed by atoms with Crippen LogP contribution in [0.3, 0.4) is 0 Å². The molecule has 2 rings (SSSR count). The summed E-state index contributed by atoms with van der Waals surface area (Å²) in [5.74, 6) is -0.974. The molecule has 0 spiro atoms. The number of carbonyl (C=O) groups is 1. The number of carboxylic acids is 1. The van der Waals surface area contributed by atoms with Gasteiger partial charge in [-0.25, -0.2) is 9.17 Å². The minimum atomic E-state index is -0.974. The van der Waals surface area contributed by atoms with Gasteiger partial charge in [0.25, 0.3) is 0 Å². The van der Waals surface area contributed by atoms with Crippen LogP contribution >= 0.6 is 11.5 Å². The summed E-state index contributed by atoms with van der Waals surface area (Å²) in [6.07, 6.45) is 7.68. The van der Waals surface area contributed by atoms with Crippen LogP contribution in [0.5, 0.6) is 0 Å². The molecule has 0 radical (unpaired) electrons. The number of pyridine rings is 1. The summed E-state index contributed by atoms with van der Waals surface area (Å²) >= 11 is 1.36. The molecule has 0 amide bonds. The summed E-state index contributed by atoms with van der Waals surface area (Å²) in [6.45, 7) is 0. The zero-order valence-corrected chi connectivity index (χ0v) is 9.02. The lowest BCUT2D eigenvalue weighted by atomic mass is 10.1. The standard InChI is InChI=1S/C11H8N2O2S/c14-11(15)2-1-8-5-12-4-3-10(8)9-6-13-16-7-9/h1-7H,(H,14,15)/b2-1+. The van der Waals surface area contributed by atoms with Crippen molar-refractivity contribution in [1.29, 1.82) is 0 Å². The van der Waals surface area contributed by atoms with Crippen LogP contribution in [0.15, 0.2) is 36.1 Å². The van der Waals surface area contributed by atoms with Crippen molar-refractivity contribution in [3.63, 3.8) is 0 Å². The van der Waals surface area contributed by atoms with Gasteiger partial charge in [-0.3, -0.25) is 4.98 Å².